The van der Waals surface area contributed by atoms with Gasteiger partial charge in [0, 0.05) is 44.0 Å². The van der Waals surface area contributed by atoms with E-state index in [1.54, 1.807) is 12.4 Å². The van der Waals surface area contributed by atoms with Crippen LogP contribution in [0.4, 0.5) is 0 Å². The molecule has 1 aliphatic heterocycles. The fourth-order valence-electron chi connectivity index (χ4n) is 4.34. The van der Waals surface area contributed by atoms with Gasteiger partial charge in [0.05, 0.1) is 5.41 Å². The summed E-state index contributed by atoms with van der Waals surface area (Å²) in [6.45, 7) is 7.80. The van der Waals surface area contributed by atoms with Gasteiger partial charge in [0.2, 0.25) is 11.8 Å². The van der Waals surface area contributed by atoms with Crippen LogP contribution in [0.25, 0.3) is 11.1 Å². The van der Waals surface area contributed by atoms with Crippen LogP contribution < -0.4 is 5.32 Å². The lowest BCUT2D eigenvalue weighted by Gasteiger charge is -2.42. The fourth-order valence-corrected chi connectivity index (χ4v) is 4.34. The first-order chi connectivity index (χ1) is 14.4. The van der Waals surface area contributed by atoms with E-state index in [4.69, 9.17) is 0 Å². The average molecular weight is 409 g/mol. The molecular weight excluding hydrogens is 376 g/mol. The number of nitrogens with one attached hydrogen (secondary N) is 1. The van der Waals surface area contributed by atoms with Crippen molar-refractivity contribution in [2.24, 2.45) is 11.3 Å². The predicted octanol–water partition coefficient (Wildman–Crippen LogP) is 3.48. The van der Waals surface area contributed by atoms with Gasteiger partial charge in [0.15, 0.2) is 0 Å². The number of nitrogens with zero attached hydrogens (tertiary/aromatic N) is 3. The van der Waals surface area contributed by atoms with Crippen LogP contribution in [0.2, 0.25) is 0 Å². The predicted molar refractivity (Wildman–Crippen MR) is 118 cm³/mol. The first-order valence-electron chi connectivity index (χ1n) is 10.8. The van der Waals surface area contributed by atoms with Gasteiger partial charge >= 0.3 is 0 Å². The van der Waals surface area contributed by atoms with Crippen LogP contribution in [0.5, 0.6) is 0 Å². The van der Waals surface area contributed by atoms with Gasteiger partial charge in [0.25, 0.3) is 0 Å². The molecule has 0 radical (unpaired) electrons. The second-order valence-corrected chi connectivity index (χ2v) is 8.62. The van der Waals surface area contributed by atoms with Crippen LogP contribution in [-0.4, -0.2) is 46.3 Å². The number of hydrogen-bond acceptors (Lipinski definition) is 4. The fraction of sp³-hybridized carbons (Fsp3) is 0.500. The zero-order valence-corrected chi connectivity index (χ0v) is 18.2. The molecule has 160 valence electrons. The molecule has 6 nitrogen and oxygen atoms in total. The van der Waals surface area contributed by atoms with Crippen molar-refractivity contribution in [1.29, 1.82) is 0 Å². The van der Waals surface area contributed by atoms with Crippen molar-refractivity contribution in [3.05, 3.63) is 48.5 Å². The highest BCUT2D eigenvalue weighted by molar-refractivity contribution is 5.85. The highest BCUT2D eigenvalue weighted by atomic mass is 16.2. The smallest absolute Gasteiger partial charge is 0.228 e. The Bertz CT molecular complexity index is 869. The van der Waals surface area contributed by atoms with E-state index in [0.717, 1.165) is 36.1 Å². The summed E-state index contributed by atoms with van der Waals surface area (Å²) in [5.41, 5.74) is 2.42. The van der Waals surface area contributed by atoms with Gasteiger partial charge in [-0.05, 0) is 43.2 Å². The van der Waals surface area contributed by atoms with Gasteiger partial charge < -0.3 is 10.2 Å². The molecule has 30 heavy (non-hydrogen) atoms. The Balaban J connectivity index is 1.94. The molecule has 0 bridgehead atoms. The number of carbonyl (C=O) groups is 2. The number of hydrogen-bond donors (Lipinski definition) is 1. The summed E-state index contributed by atoms with van der Waals surface area (Å²) < 4.78 is 0. The van der Waals surface area contributed by atoms with E-state index in [2.05, 4.69) is 35.2 Å². The molecule has 3 rings (SSSR count). The van der Waals surface area contributed by atoms with E-state index in [1.165, 1.54) is 6.33 Å². The van der Waals surface area contributed by atoms with Gasteiger partial charge in [-0.25, -0.2) is 9.97 Å². The largest absolute Gasteiger partial charge is 0.356 e. The first kappa shape index (κ1) is 21.9. The lowest BCUT2D eigenvalue weighted by atomic mass is 9.73. The lowest BCUT2D eigenvalue weighted by Crippen LogP contribution is -2.54. The topological polar surface area (TPSA) is 75.2 Å². The number of carbonyl (C=O) groups excluding carboxylic acids is 2. The minimum Gasteiger partial charge on any atom is -0.356 e. The van der Waals surface area contributed by atoms with Crippen molar-refractivity contribution in [1.82, 2.24) is 20.2 Å². The first-order valence-corrected chi connectivity index (χ1v) is 10.8. The van der Waals surface area contributed by atoms with Crippen molar-refractivity contribution in [3.63, 3.8) is 0 Å². The van der Waals surface area contributed by atoms with Crippen molar-refractivity contribution in [3.8, 4) is 11.1 Å². The molecule has 0 saturated carbocycles. The highest BCUT2D eigenvalue weighted by Gasteiger charge is 2.43. The molecule has 0 aliphatic carbocycles. The maximum Gasteiger partial charge on any atom is 0.228 e. The monoisotopic (exact) mass is 408 g/mol. The third kappa shape index (κ3) is 5.04. The van der Waals surface area contributed by atoms with E-state index in [0.29, 0.717) is 31.8 Å². The summed E-state index contributed by atoms with van der Waals surface area (Å²) in [5, 5.41) is 3.03. The van der Waals surface area contributed by atoms with Crippen LogP contribution in [0.15, 0.2) is 43.0 Å². The van der Waals surface area contributed by atoms with E-state index < -0.39 is 5.41 Å². The summed E-state index contributed by atoms with van der Waals surface area (Å²) in [4.78, 5) is 36.3. The summed E-state index contributed by atoms with van der Waals surface area (Å²) in [6.07, 6.45) is 7.80. The van der Waals surface area contributed by atoms with Crippen LogP contribution in [-0.2, 0) is 16.0 Å². The molecule has 1 aromatic heterocycles. The minimum absolute atomic E-state index is 0.0335. The Morgan fingerprint density at radius 3 is 2.63 bits per heavy atom. The molecule has 0 unspecified atom stereocenters. The maximum absolute atomic E-state index is 13.3. The molecule has 1 N–H and O–H groups in total. The molecule has 1 atom stereocenters. The molecule has 2 amide bonds. The molecule has 1 aliphatic rings. The Kier molecular flexibility index (Phi) is 7.19. The van der Waals surface area contributed by atoms with Gasteiger partial charge in [-0.15, -0.1) is 0 Å². The van der Waals surface area contributed by atoms with E-state index in [1.807, 2.05) is 30.0 Å². The molecular formula is C24H32N4O2. The third-order valence-corrected chi connectivity index (χ3v) is 5.75. The van der Waals surface area contributed by atoms with E-state index >= 15 is 0 Å². The van der Waals surface area contributed by atoms with E-state index in [-0.39, 0.29) is 11.8 Å². The summed E-state index contributed by atoms with van der Waals surface area (Å²) >= 11 is 0. The summed E-state index contributed by atoms with van der Waals surface area (Å²) in [6, 6.07) is 8.10. The van der Waals surface area contributed by atoms with Crippen LogP contribution in [0, 0.1) is 11.3 Å². The Morgan fingerprint density at radius 2 is 1.93 bits per heavy atom. The van der Waals surface area contributed by atoms with Gasteiger partial charge in [0.1, 0.15) is 6.33 Å². The highest BCUT2D eigenvalue weighted by Crippen LogP contribution is 2.37. The van der Waals surface area contributed by atoms with Crippen LogP contribution >= 0.6 is 0 Å². The summed E-state index contributed by atoms with van der Waals surface area (Å²) in [5.74, 6) is 0.478. The Labute approximate surface area is 179 Å². The number of piperidine rings is 1. The molecule has 2 aromatic rings. The molecule has 0 spiro atoms. The average Bonchev–Trinajstić information content (AvgIpc) is 2.74. The molecule has 2 heterocycles. The lowest BCUT2D eigenvalue weighted by molar-refractivity contribution is -0.142. The van der Waals surface area contributed by atoms with Crippen molar-refractivity contribution in [2.75, 3.05) is 19.6 Å². The number of amides is 2. The van der Waals surface area contributed by atoms with Gasteiger partial charge in [-0.3, -0.25) is 9.59 Å². The SMILES string of the molecule is CCNC(=O)[C@@]1(Cc2ccccc2-c2cncnc2)CCCN(C(=O)CC(C)C)C1. The molecule has 6 heteroatoms. The van der Waals surface area contributed by atoms with Gasteiger partial charge in [-0.1, -0.05) is 38.1 Å². The summed E-state index contributed by atoms with van der Waals surface area (Å²) in [7, 11) is 0. The quantitative estimate of drug-likeness (QED) is 0.761. The van der Waals surface area contributed by atoms with Crippen LogP contribution in [0.3, 0.4) is 0 Å². The zero-order valence-electron chi connectivity index (χ0n) is 18.2. The maximum atomic E-state index is 13.3. The standard InChI is InChI=1S/C24H32N4O2/c1-4-27-23(30)24(10-7-11-28(16-24)22(29)12-18(2)3)13-19-8-5-6-9-21(19)20-14-25-17-26-15-20/h5-6,8-9,14-15,17-18H,4,7,10-13,16H2,1-3H3,(H,27,30)/t24-/m1/s1. The molecule has 1 aromatic carbocycles. The second kappa shape index (κ2) is 9.83. The Hall–Kier alpha value is -2.76. The van der Waals surface area contributed by atoms with Crippen molar-refractivity contribution >= 4 is 11.8 Å². The number of aromatic nitrogens is 2. The van der Waals surface area contributed by atoms with Crippen LogP contribution in [0.1, 0.15) is 45.6 Å². The third-order valence-electron chi connectivity index (χ3n) is 5.75. The number of rotatable bonds is 7. The van der Waals surface area contributed by atoms with Crippen molar-refractivity contribution in [2.45, 2.75) is 46.5 Å². The van der Waals surface area contributed by atoms with E-state index in [9.17, 15) is 9.59 Å². The normalized spacial score (nSPS) is 19.0. The van der Waals surface area contributed by atoms with Gasteiger partial charge in [-0.2, -0.15) is 0 Å². The molecule has 1 fully saturated rings. The zero-order chi connectivity index (χ0) is 21.6. The molecule has 1 saturated heterocycles. The number of likely N-dealkylation sites (tertiary alicyclic amines) is 1. The Morgan fingerprint density at radius 1 is 1.20 bits per heavy atom. The minimum atomic E-state index is -0.632. The second-order valence-electron chi connectivity index (χ2n) is 8.62. The number of benzene rings is 1. The van der Waals surface area contributed by atoms with Crippen molar-refractivity contribution < 1.29 is 9.59 Å².